The van der Waals surface area contributed by atoms with E-state index in [1.807, 2.05) is 18.2 Å². The fraction of sp³-hybridized carbons (Fsp3) is 0.536. The maximum absolute atomic E-state index is 13.5. The Kier molecular flexibility index (Phi) is 8.04. The number of piperazine rings is 1. The van der Waals surface area contributed by atoms with E-state index < -0.39 is 0 Å². The van der Waals surface area contributed by atoms with Crippen LogP contribution in [0.5, 0.6) is 5.75 Å². The molecule has 3 aliphatic rings. The van der Waals surface area contributed by atoms with Gasteiger partial charge in [-0.2, -0.15) is 0 Å². The number of rotatable bonds is 8. The molecule has 3 aliphatic heterocycles. The molecule has 0 aliphatic carbocycles. The molecule has 2 aromatic carbocycles. The Hall–Kier alpha value is -2.68. The predicted molar refractivity (Wildman–Crippen MR) is 138 cm³/mol. The molecular formula is C28H37FN4O3. The maximum atomic E-state index is 13.5. The number of morpholine rings is 1. The topological polar surface area (TPSA) is 57.3 Å². The van der Waals surface area contributed by atoms with Gasteiger partial charge in [0.25, 0.3) is 0 Å². The van der Waals surface area contributed by atoms with Crippen LogP contribution in [0.3, 0.4) is 0 Å². The molecule has 3 heterocycles. The third-order valence-corrected chi connectivity index (χ3v) is 7.72. The Morgan fingerprint density at radius 3 is 2.67 bits per heavy atom. The number of benzene rings is 2. The Morgan fingerprint density at radius 2 is 1.89 bits per heavy atom. The minimum absolute atomic E-state index is 0.0815. The third kappa shape index (κ3) is 5.82. The summed E-state index contributed by atoms with van der Waals surface area (Å²) < 4.78 is 24.3. The van der Waals surface area contributed by atoms with Gasteiger partial charge in [-0.1, -0.05) is 18.2 Å². The number of amides is 1. The molecule has 0 saturated carbocycles. The van der Waals surface area contributed by atoms with E-state index >= 15 is 0 Å². The molecule has 0 aromatic heterocycles. The molecule has 0 radical (unpaired) electrons. The number of ether oxygens (including phenoxy) is 2. The molecule has 7 nitrogen and oxygen atoms in total. The Bertz CT molecular complexity index is 1030. The van der Waals surface area contributed by atoms with Crippen molar-refractivity contribution in [2.75, 3.05) is 71.0 Å². The summed E-state index contributed by atoms with van der Waals surface area (Å²) in [4.78, 5) is 20.7. The third-order valence-electron chi connectivity index (χ3n) is 7.72. The molecule has 194 valence electrons. The van der Waals surface area contributed by atoms with Crippen molar-refractivity contribution in [2.24, 2.45) is 5.92 Å². The van der Waals surface area contributed by atoms with Gasteiger partial charge in [-0.05, 0) is 48.7 Å². The maximum Gasteiger partial charge on any atom is 0.225 e. The van der Waals surface area contributed by atoms with Crippen molar-refractivity contribution in [2.45, 2.75) is 25.4 Å². The number of fused-ring (bicyclic) bond motifs is 3. The van der Waals surface area contributed by atoms with Crippen molar-refractivity contribution >= 4 is 11.6 Å². The van der Waals surface area contributed by atoms with Gasteiger partial charge in [-0.25, -0.2) is 4.39 Å². The lowest BCUT2D eigenvalue weighted by atomic mass is 9.83. The van der Waals surface area contributed by atoms with Gasteiger partial charge in [0.2, 0.25) is 5.91 Å². The highest BCUT2D eigenvalue weighted by Gasteiger charge is 2.41. The Labute approximate surface area is 213 Å². The van der Waals surface area contributed by atoms with Crippen LogP contribution in [-0.4, -0.2) is 87.9 Å². The minimum atomic E-state index is -0.216. The predicted octanol–water partition coefficient (Wildman–Crippen LogP) is 2.54. The van der Waals surface area contributed by atoms with Crippen LogP contribution < -0.4 is 15.0 Å². The first kappa shape index (κ1) is 25.0. The number of hydrogen-bond acceptors (Lipinski definition) is 6. The van der Waals surface area contributed by atoms with E-state index in [4.69, 9.17) is 9.47 Å². The molecule has 2 fully saturated rings. The summed E-state index contributed by atoms with van der Waals surface area (Å²) in [7, 11) is 1.69. The molecule has 1 amide bonds. The van der Waals surface area contributed by atoms with Gasteiger partial charge in [-0.3, -0.25) is 14.6 Å². The van der Waals surface area contributed by atoms with Gasteiger partial charge in [0.15, 0.2) is 0 Å². The fourth-order valence-electron chi connectivity index (χ4n) is 5.73. The minimum Gasteiger partial charge on any atom is -0.497 e. The van der Waals surface area contributed by atoms with Crippen LogP contribution >= 0.6 is 0 Å². The zero-order valence-corrected chi connectivity index (χ0v) is 21.1. The van der Waals surface area contributed by atoms with Crippen molar-refractivity contribution in [3.8, 4) is 5.75 Å². The molecular weight excluding hydrogens is 459 g/mol. The summed E-state index contributed by atoms with van der Waals surface area (Å²) in [5.41, 5.74) is 3.47. The van der Waals surface area contributed by atoms with E-state index in [1.54, 1.807) is 7.11 Å². The molecule has 8 heteroatoms. The van der Waals surface area contributed by atoms with E-state index in [0.29, 0.717) is 6.54 Å². The van der Waals surface area contributed by atoms with Gasteiger partial charge < -0.3 is 19.7 Å². The normalized spacial score (nSPS) is 22.6. The number of nitrogens with zero attached hydrogens (tertiary/aromatic N) is 3. The molecule has 1 N–H and O–H groups in total. The fourth-order valence-corrected chi connectivity index (χ4v) is 5.73. The number of hydrogen-bond donors (Lipinski definition) is 1. The molecule has 5 rings (SSSR count). The van der Waals surface area contributed by atoms with Gasteiger partial charge in [0.1, 0.15) is 11.6 Å². The summed E-state index contributed by atoms with van der Waals surface area (Å²) in [5, 5.41) is 3.24. The zero-order valence-electron chi connectivity index (χ0n) is 21.1. The smallest absolute Gasteiger partial charge is 0.225 e. The highest BCUT2D eigenvalue weighted by molar-refractivity contribution is 5.82. The van der Waals surface area contributed by atoms with E-state index in [1.165, 1.54) is 23.4 Å². The number of carbonyl (C=O) groups excluding carboxylic acids is 1. The zero-order chi connectivity index (χ0) is 24.9. The van der Waals surface area contributed by atoms with Crippen molar-refractivity contribution in [1.82, 2.24) is 15.1 Å². The molecule has 2 atom stereocenters. The van der Waals surface area contributed by atoms with E-state index in [0.717, 1.165) is 83.2 Å². The second kappa shape index (κ2) is 11.6. The molecule has 2 aromatic rings. The Morgan fingerprint density at radius 1 is 1.08 bits per heavy atom. The molecule has 0 spiro atoms. The molecule has 2 saturated heterocycles. The monoisotopic (exact) mass is 496 g/mol. The lowest BCUT2D eigenvalue weighted by molar-refractivity contribution is -0.126. The van der Waals surface area contributed by atoms with Crippen LogP contribution in [0.1, 0.15) is 17.5 Å². The lowest BCUT2D eigenvalue weighted by Crippen LogP contribution is -2.61. The van der Waals surface area contributed by atoms with Crippen molar-refractivity contribution in [3.63, 3.8) is 0 Å². The summed E-state index contributed by atoms with van der Waals surface area (Å²) >= 11 is 0. The van der Waals surface area contributed by atoms with E-state index in [-0.39, 0.29) is 23.7 Å². The van der Waals surface area contributed by atoms with Crippen LogP contribution in [0, 0.1) is 11.7 Å². The van der Waals surface area contributed by atoms with Crippen LogP contribution in [-0.2, 0) is 22.5 Å². The largest absolute Gasteiger partial charge is 0.497 e. The first-order valence-corrected chi connectivity index (χ1v) is 13.1. The molecule has 36 heavy (non-hydrogen) atoms. The average molecular weight is 497 g/mol. The number of anilines is 1. The highest BCUT2D eigenvalue weighted by Crippen LogP contribution is 2.38. The van der Waals surface area contributed by atoms with Crippen LogP contribution in [0.25, 0.3) is 0 Å². The quantitative estimate of drug-likeness (QED) is 0.567. The number of methoxy groups -OCH3 is 1. The first-order valence-electron chi connectivity index (χ1n) is 13.1. The number of carbonyl (C=O) groups is 1. The highest BCUT2D eigenvalue weighted by atomic mass is 19.1. The van der Waals surface area contributed by atoms with Crippen LogP contribution in [0.4, 0.5) is 10.1 Å². The second-order valence-electron chi connectivity index (χ2n) is 10.0. The van der Waals surface area contributed by atoms with Crippen LogP contribution in [0.15, 0.2) is 42.5 Å². The molecule has 0 bridgehead atoms. The van der Waals surface area contributed by atoms with Gasteiger partial charge >= 0.3 is 0 Å². The Balaban J connectivity index is 1.27. The standard InChI is InChI=1S/C28H37FN4O3/c1-35-24-8-5-22-17-25(28(34)30-9-2-10-31-13-15-36-16-14-31)27-20-32(11-12-33(27)26(22)18-24)19-21-3-6-23(29)7-4-21/h3-8,18,25,27H,2,9-17,19-20H2,1H3,(H,30,34)/t25-,27-/m1/s1. The van der Waals surface area contributed by atoms with E-state index in [9.17, 15) is 9.18 Å². The molecule has 0 unspecified atom stereocenters. The SMILES string of the molecule is COc1ccc2c(c1)N1CCN(Cc3ccc(F)cc3)C[C@@H]1[C@H](C(=O)NCCCN1CCOCC1)C2. The summed E-state index contributed by atoms with van der Waals surface area (Å²) in [6, 6.07) is 13.0. The van der Waals surface area contributed by atoms with Gasteiger partial charge in [-0.15, -0.1) is 0 Å². The van der Waals surface area contributed by atoms with Crippen LogP contribution in [0.2, 0.25) is 0 Å². The van der Waals surface area contributed by atoms with Gasteiger partial charge in [0.05, 0.1) is 32.3 Å². The van der Waals surface area contributed by atoms with Crippen molar-refractivity contribution < 1.29 is 18.7 Å². The summed E-state index contributed by atoms with van der Waals surface area (Å²) in [5.74, 6) is 0.640. The summed E-state index contributed by atoms with van der Waals surface area (Å²) in [6.07, 6.45) is 1.66. The second-order valence-corrected chi connectivity index (χ2v) is 10.0. The van der Waals surface area contributed by atoms with E-state index in [2.05, 4.69) is 32.1 Å². The average Bonchev–Trinajstić information content (AvgIpc) is 2.92. The van der Waals surface area contributed by atoms with Crippen molar-refractivity contribution in [3.05, 3.63) is 59.4 Å². The number of nitrogens with one attached hydrogen (secondary N) is 1. The first-order chi connectivity index (χ1) is 17.6. The lowest BCUT2D eigenvalue weighted by Gasteiger charge is -2.49. The number of halogens is 1. The van der Waals surface area contributed by atoms with Gasteiger partial charge in [0, 0.05) is 57.6 Å². The van der Waals surface area contributed by atoms with Crippen molar-refractivity contribution in [1.29, 1.82) is 0 Å². The summed E-state index contributed by atoms with van der Waals surface area (Å²) in [6.45, 7) is 8.48.